The number of carbonyl (C=O) groups excluding carboxylic acids is 1. The van der Waals surface area contributed by atoms with Crippen molar-refractivity contribution >= 4 is 29.1 Å². The standard InChI is InChI=1S/C10H9Cl2NO3/c11-9(12)10(14)13-4-6-1-2-7-8(3-6)16-5-15-7/h1-3,9H,4-5H2,(H,13,14). The molecule has 86 valence electrons. The first-order valence-electron chi connectivity index (χ1n) is 4.61. The molecule has 6 heteroatoms. The molecule has 1 N–H and O–H groups in total. The van der Waals surface area contributed by atoms with Gasteiger partial charge in [-0.15, -0.1) is 0 Å². The van der Waals surface area contributed by atoms with Gasteiger partial charge in [0.15, 0.2) is 16.3 Å². The fourth-order valence-corrected chi connectivity index (χ4v) is 1.47. The lowest BCUT2D eigenvalue weighted by Crippen LogP contribution is -2.27. The Kier molecular flexibility index (Phi) is 3.41. The zero-order chi connectivity index (χ0) is 11.5. The highest BCUT2D eigenvalue weighted by atomic mass is 35.5. The lowest BCUT2D eigenvalue weighted by molar-refractivity contribution is -0.119. The maximum atomic E-state index is 11.1. The molecule has 2 rings (SSSR count). The van der Waals surface area contributed by atoms with Gasteiger partial charge in [-0.1, -0.05) is 29.3 Å². The van der Waals surface area contributed by atoms with E-state index in [-0.39, 0.29) is 6.79 Å². The minimum atomic E-state index is -1.05. The number of fused-ring (bicyclic) bond motifs is 1. The van der Waals surface area contributed by atoms with Crippen LogP contribution in [0.1, 0.15) is 5.56 Å². The average Bonchev–Trinajstić information content (AvgIpc) is 2.72. The van der Waals surface area contributed by atoms with Crippen LogP contribution in [0.3, 0.4) is 0 Å². The lowest BCUT2D eigenvalue weighted by Gasteiger charge is -2.06. The van der Waals surface area contributed by atoms with E-state index in [4.69, 9.17) is 32.7 Å². The fraction of sp³-hybridized carbons (Fsp3) is 0.300. The predicted octanol–water partition coefficient (Wildman–Crippen LogP) is 1.84. The molecule has 0 bridgehead atoms. The van der Waals surface area contributed by atoms with Gasteiger partial charge >= 0.3 is 0 Å². The number of carbonyl (C=O) groups is 1. The van der Waals surface area contributed by atoms with Gasteiger partial charge in [-0.3, -0.25) is 4.79 Å². The first-order chi connectivity index (χ1) is 7.66. The molecule has 1 amide bonds. The van der Waals surface area contributed by atoms with Crippen LogP contribution in [0.4, 0.5) is 0 Å². The minimum absolute atomic E-state index is 0.233. The van der Waals surface area contributed by atoms with Crippen LogP contribution in [0.2, 0.25) is 0 Å². The molecule has 1 aromatic carbocycles. The summed E-state index contributed by atoms with van der Waals surface area (Å²) in [6.45, 7) is 0.585. The maximum Gasteiger partial charge on any atom is 0.253 e. The smallest absolute Gasteiger partial charge is 0.253 e. The minimum Gasteiger partial charge on any atom is -0.454 e. The topological polar surface area (TPSA) is 47.6 Å². The SMILES string of the molecule is O=C(NCc1ccc2c(c1)OCO2)C(Cl)Cl. The van der Waals surface area contributed by atoms with Crippen molar-refractivity contribution < 1.29 is 14.3 Å². The molecule has 0 radical (unpaired) electrons. The largest absolute Gasteiger partial charge is 0.454 e. The quantitative estimate of drug-likeness (QED) is 0.845. The molecule has 1 heterocycles. The highest BCUT2D eigenvalue weighted by Crippen LogP contribution is 2.32. The monoisotopic (exact) mass is 261 g/mol. The number of halogens is 2. The maximum absolute atomic E-state index is 11.1. The third kappa shape index (κ3) is 2.51. The molecule has 0 fully saturated rings. The molecule has 0 aliphatic carbocycles. The molecule has 4 nitrogen and oxygen atoms in total. The molecule has 0 spiro atoms. The Morgan fingerprint density at radius 1 is 1.38 bits per heavy atom. The molecule has 1 aliphatic heterocycles. The summed E-state index contributed by atoms with van der Waals surface area (Å²) in [6.07, 6.45) is 0. The second kappa shape index (κ2) is 4.80. The van der Waals surface area contributed by atoms with Crippen molar-refractivity contribution in [2.24, 2.45) is 0 Å². The molecule has 16 heavy (non-hydrogen) atoms. The van der Waals surface area contributed by atoms with Gasteiger partial charge in [0.05, 0.1) is 0 Å². The van der Waals surface area contributed by atoms with Crippen LogP contribution in [0.25, 0.3) is 0 Å². The summed E-state index contributed by atoms with van der Waals surface area (Å²) in [5.74, 6) is 0.976. The molecule has 0 aromatic heterocycles. The van der Waals surface area contributed by atoms with Crippen molar-refractivity contribution in [1.82, 2.24) is 5.32 Å². The Morgan fingerprint density at radius 2 is 2.12 bits per heavy atom. The number of benzene rings is 1. The summed E-state index contributed by atoms with van der Waals surface area (Å²) < 4.78 is 10.4. The van der Waals surface area contributed by atoms with Crippen molar-refractivity contribution in [3.05, 3.63) is 23.8 Å². The second-order valence-electron chi connectivity index (χ2n) is 3.21. The first kappa shape index (κ1) is 11.4. The van der Waals surface area contributed by atoms with Crippen LogP contribution in [-0.2, 0) is 11.3 Å². The van der Waals surface area contributed by atoms with Crippen molar-refractivity contribution in [3.8, 4) is 11.5 Å². The van der Waals surface area contributed by atoms with Gasteiger partial charge in [0, 0.05) is 6.54 Å². The van der Waals surface area contributed by atoms with Crippen molar-refractivity contribution in [2.75, 3.05) is 6.79 Å². The van der Waals surface area contributed by atoms with Gasteiger partial charge in [-0.25, -0.2) is 0 Å². The highest BCUT2D eigenvalue weighted by molar-refractivity contribution is 6.53. The second-order valence-corrected chi connectivity index (χ2v) is 4.30. The van der Waals surface area contributed by atoms with E-state index in [0.29, 0.717) is 18.0 Å². The van der Waals surface area contributed by atoms with Crippen LogP contribution in [0.5, 0.6) is 11.5 Å². The Bertz CT molecular complexity index is 409. The Balaban J connectivity index is 1.98. The average molecular weight is 262 g/mol. The summed E-state index contributed by atoms with van der Waals surface area (Å²) in [5, 5.41) is 2.59. The van der Waals surface area contributed by atoms with Gasteiger partial charge in [-0.2, -0.15) is 0 Å². The Labute approximate surface area is 102 Å². The summed E-state index contributed by atoms with van der Waals surface area (Å²) >= 11 is 10.8. The van der Waals surface area contributed by atoms with Crippen LogP contribution in [-0.4, -0.2) is 17.5 Å². The molecular formula is C10H9Cl2NO3. The normalized spacial score (nSPS) is 12.9. The number of nitrogens with one attached hydrogen (secondary N) is 1. The summed E-state index contributed by atoms with van der Waals surface area (Å²) in [5.41, 5.74) is 0.895. The van der Waals surface area contributed by atoms with Crippen molar-refractivity contribution in [1.29, 1.82) is 0 Å². The number of amides is 1. The van der Waals surface area contributed by atoms with Gasteiger partial charge < -0.3 is 14.8 Å². The first-order valence-corrected chi connectivity index (χ1v) is 5.48. The number of hydrogen-bond acceptors (Lipinski definition) is 3. The van der Waals surface area contributed by atoms with Gasteiger partial charge in [0.1, 0.15) is 0 Å². The third-order valence-corrected chi connectivity index (χ3v) is 2.50. The number of rotatable bonds is 3. The van der Waals surface area contributed by atoms with E-state index < -0.39 is 10.7 Å². The zero-order valence-electron chi connectivity index (χ0n) is 8.20. The van der Waals surface area contributed by atoms with E-state index >= 15 is 0 Å². The molecule has 0 saturated carbocycles. The Hall–Kier alpha value is -1.13. The number of ether oxygens (including phenoxy) is 2. The van der Waals surface area contributed by atoms with Gasteiger partial charge in [0.2, 0.25) is 6.79 Å². The number of alkyl halides is 2. The predicted molar refractivity (Wildman–Crippen MR) is 59.9 cm³/mol. The van der Waals surface area contributed by atoms with Crippen LogP contribution < -0.4 is 14.8 Å². The fourth-order valence-electron chi connectivity index (χ4n) is 1.32. The highest BCUT2D eigenvalue weighted by Gasteiger charge is 2.14. The molecule has 1 aliphatic rings. The third-order valence-electron chi connectivity index (χ3n) is 2.10. The molecule has 0 atom stereocenters. The van der Waals surface area contributed by atoms with E-state index in [1.165, 1.54) is 0 Å². The zero-order valence-corrected chi connectivity index (χ0v) is 9.72. The summed E-state index contributed by atoms with van der Waals surface area (Å²) in [6, 6.07) is 5.44. The summed E-state index contributed by atoms with van der Waals surface area (Å²) in [7, 11) is 0. The van der Waals surface area contributed by atoms with E-state index in [2.05, 4.69) is 5.32 Å². The lowest BCUT2D eigenvalue weighted by atomic mass is 10.2. The van der Waals surface area contributed by atoms with Crippen LogP contribution in [0.15, 0.2) is 18.2 Å². The van der Waals surface area contributed by atoms with E-state index in [0.717, 1.165) is 5.56 Å². The summed E-state index contributed by atoms with van der Waals surface area (Å²) in [4.78, 5) is 10.1. The van der Waals surface area contributed by atoms with E-state index in [9.17, 15) is 4.79 Å². The number of hydrogen-bond donors (Lipinski definition) is 1. The van der Waals surface area contributed by atoms with Gasteiger partial charge in [0.25, 0.3) is 5.91 Å². The van der Waals surface area contributed by atoms with E-state index in [1.54, 1.807) is 12.1 Å². The molecule has 1 aromatic rings. The van der Waals surface area contributed by atoms with Crippen LogP contribution in [0, 0.1) is 0 Å². The molecular weight excluding hydrogens is 253 g/mol. The van der Waals surface area contributed by atoms with Gasteiger partial charge in [-0.05, 0) is 17.7 Å². The van der Waals surface area contributed by atoms with Crippen LogP contribution >= 0.6 is 23.2 Å². The Morgan fingerprint density at radius 3 is 2.88 bits per heavy atom. The van der Waals surface area contributed by atoms with Crippen molar-refractivity contribution in [2.45, 2.75) is 11.4 Å². The van der Waals surface area contributed by atoms with E-state index in [1.807, 2.05) is 6.07 Å². The molecule has 0 unspecified atom stereocenters. The molecule has 0 saturated heterocycles. The van der Waals surface area contributed by atoms with Crippen molar-refractivity contribution in [3.63, 3.8) is 0 Å².